The van der Waals surface area contributed by atoms with Crippen molar-refractivity contribution in [2.24, 2.45) is 0 Å². The Balaban J connectivity index is 2.53. The van der Waals surface area contributed by atoms with Gasteiger partial charge in [0, 0.05) is 12.6 Å². The highest BCUT2D eigenvalue weighted by Crippen LogP contribution is 2.04. The molecule has 0 spiro atoms. The lowest BCUT2D eigenvalue weighted by molar-refractivity contribution is 0.0697. The van der Waals surface area contributed by atoms with E-state index < -0.39 is 5.97 Å². The third-order valence-corrected chi connectivity index (χ3v) is 2.47. The van der Waals surface area contributed by atoms with Gasteiger partial charge in [-0.25, -0.2) is 4.79 Å². The van der Waals surface area contributed by atoms with Crippen LogP contribution in [0.25, 0.3) is 0 Å². The third-order valence-electron chi connectivity index (χ3n) is 2.47. The number of benzene rings is 1. The molecular formula is C12H17NO2. The van der Waals surface area contributed by atoms with Crippen LogP contribution >= 0.6 is 0 Å². The Hall–Kier alpha value is -1.35. The summed E-state index contributed by atoms with van der Waals surface area (Å²) in [5.41, 5.74) is 1.45. The zero-order valence-corrected chi connectivity index (χ0v) is 9.16. The number of carbonyl (C=O) groups is 1. The van der Waals surface area contributed by atoms with E-state index in [9.17, 15) is 4.79 Å². The lowest BCUT2D eigenvalue weighted by Crippen LogP contribution is -2.24. The lowest BCUT2D eigenvalue weighted by Gasteiger charge is -2.10. The minimum absolute atomic E-state index is 0.335. The van der Waals surface area contributed by atoms with Crippen LogP contribution in [0.5, 0.6) is 0 Å². The van der Waals surface area contributed by atoms with E-state index in [1.54, 1.807) is 12.1 Å². The number of hydrogen-bond acceptors (Lipinski definition) is 2. The molecule has 0 radical (unpaired) electrons. The molecule has 3 nitrogen and oxygen atoms in total. The number of nitrogens with one attached hydrogen (secondary N) is 1. The minimum Gasteiger partial charge on any atom is -0.478 e. The van der Waals surface area contributed by atoms with Gasteiger partial charge in [-0.3, -0.25) is 0 Å². The van der Waals surface area contributed by atoms with Crippen molar-refractivity contribution in [2.75, 3.05) is 0 Å². The molecule has 2 N–H and O–H groups in total. The van der Waals surface area contributed by atoms with Crippen molar-refractivity contribution in [3.05, 3.63) is 35.4 Å². The summed E-state index contributed by atoms with van der Waals surface area (Å²) in [6, 6.07) is 7.45. The van der Waals surface area contributed by atoms with Crippen LogP contribution < -0.4 is 5.32 Å². The second-order valence-corrected chi connectivity index (χ2v) is 3.69. The molecule has 15 heavy (non-hydrogen) atoms. The summed E-state index contributed by atoms with van der Waals surface area (Å²) in [5, 5.41) is 12.1. The van der Waals surface area contributed by atoms with Crippen LogP contribution in [0.1, 0.15) is 36.2 Å². The molecular weight excluding hydrogens is 190 g/mol. The van der Waals surface area contributed by atoms with Crippen molar-refractivity contribution < 1.29 is 9.90 Å². The third kappa shape index (κ3) is 3.72. The van der Waals surface area contributed by atoms with Gasteiger partial charge in [-0.05, 0) is 31.0 Å². The number of aromatic carboxylic acids is 1. The smallest absolute Gasteiger partial charge is 0.335 e. The van der Waals surface area contributed by atoms with Crippen LogP contribution in [0.4, 0.5) is 0 Å². The largest absolute Gasteiger partial charge is 0.478 e. The summed E-state index contributed by atoms with van der Waals surface area (Å²) in [6.07, 6.45) is 1.09. The van der Waals surface area contributed by atoms with Gasteiger partial charge < -0.3 is 10.4 Å². The maximum atomic E-state index is 10.6. The van der Waals surface area contributed by atoms with Crippen molar-refractivity contribution in [2.45, 2.75) is 32.9 Å². The highest BCUT2D eigenvalue weighted by molar-refractivity contribution is 5.87. The van der Waals surface area contributed by atoms with Crippen LogP contribution in [0.15, 0.2) is 24.3 Å². The number of carboxylic acids is 1. The molecule has 0 aliphatic heterocycles. The van der Waals surface area contributed by atoms with Crippen LogP contribution in [0.3, 0.4) is 0 Å². The fraction of sp³-hybridized carbons (Fsp3) is 0.417. The first-order chi connectivity index (χ1) is 7.13. The molecule has 3 heteroatoms. The van der Waals surface area contributed by atoms with Gasteiger partial charge in [0.1, 0.15) is 0 Å². The molecule has 0 aromatic heterocycles. The summed E-state index contributed by atoms with van der Waals surface area (Å²) >= 11 is 0. The lowest BCUT2D eigenvalue weighted by atomic mass is 10.1. The second-order valence-electron chi connectivity index (χ2n) is 3.69. The van der Waals surface area contributed by atoms with Crippen molar-refractivity contribution in [3.63, 3.8) is 0 Å². The van der Waals surface area contributed by atoms with E-state index in [2.05, 4.69) is 19.2 Å². The first-order valence-electron chi connectivity index (χ1n) is 5.19. The van der Waals surface area contributed by atoms with Crippen molar-refractivity contribution in [1.29, 1.82) is 0 Å². The summed E-state index contributed by atoms with van der Waals surface area (Å²) in [7, 11) is 0. The molecule has 0 saturated carbocycles. The van der Waals surface area contributed by atoms with Crippen molar-refractivity contribution >= 4 is 5.97 Å². The summed E-state index contributed by atoms with van der Waals surface area (Å²) < 4.78 is 0. The van der Waals surface area contributed by atoms with E-state index in [1.165, 1.54) is 0 Å². The zero-order chi connectivity index (χ0) is 11.3. The van der Waals surface area contributed by atoms with Crippen molar-refractivity contribution in [3.8, 4) is 0 Å². The summed E-state index contributed by atoms with van der Waals surface area (Å²) in [6.45, 7) is 5.05. The molecule has 1 aromatic carbocycles. The van der Waals surface area contributed by atoms with Crippen LogP contribution in [-0.4, -0.2) is 17.1 Å². The highest BCUT2D eigenvalue weighted by atomic mass is 16.4. The molecule has 82 valence electrons. The van der Waals surface area contributed by atoms with Gasteiger partial charge in [-0.1, -0.05) is 19.1 Å². The summed E-state index contributed by atoms with van der Waals surface area (Å²) in [4.78, 5) is 10.6. The molecule has 0 aliphatic rings. The monoisotopic (exact) mass is 207 g/mol. The Morgan fingerprint density at radius 2 is 2.00 bits per heavy atom. The van der Waals surface area contributed by atoms with Gasteiger partial charge in [-0.15, -0.1) is 0 Å². The fourth-order valence-corrected chi connectivity index (χ4v) is 1.20. The molecule has 0 saturated heterocycles. The second kappa shape index (κ2) is 5.51. The molecule has 0 fully saturated rings. The number of hydrogen-bond donors (Lipinski definition) is 2. The van der Waals surface area contributed by atoms with E-state index in [0.717, 1.165) is 18.5 Å². The molecule has 1 aromatic rings. The zero-order valence-electron chi connectivity index (χ0n) is 9.16. The van der Waals surface area contributed by atoms with E-state index in [-0.39, 0.29) is 0 Å². The van der Waals surface area contributed by atoms with Crippen LogP contribution in [0.2, 0.25) is 0 Å². The number of rotatable bonds is 5. The topological polar surface area (TPSA) is 49.3 Å². The maximum absolute atomic E-state index is 10.6. The molecule has 0 bridgehead atoms. The molecule has 1 rings (SSSR count). The van der Waals surface area contributed by atoms with Crippen molar-refractivity contribution in [1.82, 2.24) is 5.32 Å². The normalized spacial score (nSPS) is 12.4. The Labute approximate surface area is 90.1 Å². The molecule has 0 aliphatic carbocycles. The van der Waals surface area contributed by atoms with E-state index in [0.29, 0.717) is 11.6 Å². The molecule has 1 atom stereocenters. The van der Waals surface area contributed by atoms with Gasteiger partial charge in [0.05, 0.1) is 5.56 Å². The van der Waals surface area contributed by atoms with Gasteiger partial charge in [0.15, 0.2) is 0 Å². The Bertz CT molecular complexity index is 319. The Morgan fingerprint density at radius 1 is 1.40 bits per heavy atom. The predicted octanol–water partition coefficient (Wildman–Crippen LogP) is 2.27. The summed E-state index contributed by atoms with van der Waals surface area (Å²) in [5.74, 6) is -0.878. The van der Waals surface area contributed by atoms with Gasteiger partial charge >= 0.3 is 5.97 Å². The molecule has 0 unspecified atom stereocenters. The van der Waals surface area contributed by atoms with Crippen LogP contribution in [-0.2, 0) is 6.54 Å². The predicted molar refractivity (Wildman–Crippen MR) is 60.0 cm³/mol. The maximum Gasteiger partial charge on any atom is 0.335 e. The van der Waals surface area contributed by atoms with Gasteiger partial charge in [0.2, 0.25) is 0 Å². The first kappa shape index (κ1) is 11.7. The average Bonchev–Trinajstić information content (AvgIpc) is 2.26. The first-order valence-corrected chi connectivity index (χ1v) is 5.19. The Morgan fingerprint density at radius 3 is 2.47 bits per heavy atom. The van der Waals surface area contributed by atoms with Crippen LogP contribution in [0, 0.1) is 0 Å². The van der Waals surface area contributed by atoms with E-state index in [1.807, 2.05) is 12.1 Å². The Kier molecular flexibility index (Phi) is 4.31. The SMILES string of the molecule is CC[C@H](C)NCc1ccc(C(=O)O)cc1. The highest BCUT2D eigenvalue weighted by Gasteiger charge is 2.02. The standard InChI is InChI=1S/C12H17NO2/c1-3-9(2)13-8-10-4-6-11(7-5-10)12(14)15/h4-7,9,13H,3,8H2,1-2H3,(H,14,15)/t9-/m0/s1. The van der Waals surface area contributed by atoms with Gasteiger partial charge in [0.25, 0.3) is 0 Å². The number of carboxylic acid groups (broad SMARTS) is 1. The van der Waals surface area contributed by atoms with E-state index in [4.69, 9.17) is 5.11 Å². The van der Waals surface area contributed by atoms with E-state index >= 15 is 0 Å². The molecule has 0 amide bonds. The fourth-order valence-electron chi connectivity index (χ4n) is 1.20. The quantitative estimate of drug-likeness (QED) is 0.778. The minimum atomic E-state index is -0.878. The molecule has 0 heterocycles. The average molecular weight is 207 g/mol. The van der Waals surface area contributed by atoms with Gasteiger partial charge in [-0.2, -0.15) is 0 Å².